The molecule has 0 saturated heterocycles. The van der Waals surface area contributed by atoms with Gasteiger partial charge in [-0.05, 0) is 44.5 Å². The van der Waals surface area contributed by atoms with Crippen LogP contribution in [0.3, 0.4) is 0 Å². The highest BCUT2D eigenvalue weighted by Gasteiger charge is 2.37. The molecule has 2 atom stereocenters. The summed E-state index contributed by atoms with van der Waals surface area (Å²) < 4.78 is 56.5. The van der Waals surface area contributed by atoms with Crippen molar-refractivity contribution in [2.24, 2.45) is 0 Å². The van der Waals surface area contributed by atoms with Crippen LogP contribution in [0.2, 0.25) is 0 Å². The van der Waals surface area contributed by atoms with Gasteiger partial charge in [0.2, 0.25) is 0 Å². The normalized spacial score (nSPS) is 15.0. The van der Waals surface area contributed by atoms with Crippen LogP contribution < -0.4 is 4.72 Å². The molecule has 8 heteroatoms. The van der Waals surface area contributed by atoms with Gasteiger partial charge in [0.1, 0.15) is 5.01 Å². The van der Waals surface area contributed by atoms with Gasteiger partial charge >= 0.3 is 6.18 Å². The third-order valence-corrected chi connectivity index (χ3v) is 6.58. The molecule has 3 nitrogen and oxygen atoms in total. The minimum Gasteiger partial charge on any atom is -0.242 e. The van der Waals surface area contributed by atoms with E-state index in [2.05, 4.69) is 9.71 Å². The molecule has 2 aromatic carbocycles. The van der Waals surface area contributed by atoms with E-state index in [0.29, 0.717) is 10.5 Å². The SMILES string of the molecule is CC(C)(C)[S@@](=O)N[C@H](c1nc2ccccc2s1)c1ccccc1C(F)(F)F. The summed E-state index contributed by atoms with van der Waals surface area (Å²) in [5.74, 6) is 0. The van der Waals surface area contributed by atoms with Crippen molar-refractivity contribution < 1.29 is 17.4 Å². The van der Waals surface area contributed by atoms with Gasteiger partial charge in [0, 0.05) is 0 Å². The molecule has 144 valence electrons. The zero-order chi connectivity index (χ0) is 19.8. The Morgan fingerprint density at radius 2 is 1.67 bits per heavy atom. The summed E-state index contributed by atoms with van der Waals surface area (Å²) >= 11 is 1.30. The smallest absolute Gasteiger partial charge is 0.242 e. The molecule has 0 aliphatic carbocycles. The summed E-state index contributed by atoms with van der Waals surface area (Å²) in [7, 11) is -1.58. The number of nitrogens with one attached hydrogen (secondary N) is 1. The number of fused-ring (bicyclic) bond motifs is 1. The Labute approximate surface area is 162 Å². The standard InChI is InChI=1S/C19H19F3N2OS2/c1-18(2,3)27(25)24-16(12-8-4-5-9-13(12)19(20,21)22)17-23-14-10-6-7-11-15(14)26-17/h4-11,16,24H,1-3H3/t16-,27+/m0/s1. The van der Waals surface area contributed by atoms with E-state index >= 15 is 0 Å². The van der Waals surface area contributed by atoms with Crippen LogP contribution in [0.5, 0.6) is 0 Å². The molecule has 0 saturated carbocycles. The monoisotopic (exact) mass is 412 g/mol. The molecule has 0 fully saturated rings. The van der Waals surface area contributed by atoms with Gasteiger partial charge in [0.25, 0.3) is 0 Å². The van der Waals surface area contributed by atoms with E-state index < -0.39 is 33.5 Å². The fourth-order valence-electron chi connectivity index (χ4n) is 2.55. The number of rotatable bonds is 4. The first-order valence-electron chi connectivity index (χ1n) is 8.27. The molecule has 0 aliphatic heterocycles. The zero-order valence-corrected chi connectivity index (χ0v) is 16.6. The van der Waals surface area contributed by atoms with Crippen LogP contribution in [-0.2, 0) is 17.2 Å². The lowest BCUT2D eigenvalue weighted by Gasteiger charge is -2.25. The fraction of sp³-hybridized carbons (Fsp3) is 0.316. The molecule has 0 radical (unpaired) electrons. The van der Waals surface area contributed by atoms with Gasteiger partial charge in [-0.3, -0.25) is 0 Å². The van der Waals surface area contributed by atoms with Crippen LogP contribution in [0.15, 0.2) is 48.5 Å². The summed E-state index contributed by atoms with van der Waals surface area (Å²) in [5, 5.41) is 0.450. The van der Waals surface area contributed by atoms with Crippen molar-refractivity contribution in [2.75, 3.05) is 0 Å². The summed E-state index contributed by atoms with van der Waals surface area (Å²) in [6.45, 7) is 5.30. The van der Waals surface area contributed by atoms with Crippen molar-refractivity contribution in [1.82, 2.24) is 9.71 Å². The first kappa shape index (κ1) is 20.0. The second-order valence-corrected chi connectivity index (χ2v) is 10.1. The molecule has 3 rings (SSSR count). The van der Waals surface area contributed by atoms with Crippen molar-refractivity contribution >= 4 is 32.5 Å². The Morgan fingerprint density at radius 1 is 1.04 bits per heavy atom. The van der Waals surface area contributed by atoms with E-state index in [4.69, 9.17) is 0 Å². The molecule has 1 heterocycles. The van der Waals surface area contributed by atoms with Crippen molar-refractivity contribution in [2.45, 2.75) is 37.7 Å². The van der Waals surface area contributed by atoms with Gasteiger partial charge in [-0.2, -0.15) is 13.2 Å². The molecule has 0 unspecified atom stereocenters. The van der Waals surface area contributed by atoms with Gasteiger partial charge in [-0.15, -0.1) is 11.3 Å². The number of thiazole rings is 1. The largest absolute Gasteiger partial charge is 0.416 e. The minimum absolute atomic E-state index is 0.0154. The predicted molar refractivity (Wildman–Crippen MR) is 104 cm³/mol. The van der Waals surface area contributed by atoms with Crippen LogP contribution in [0.25, 0.3) is 10.2 Å². The maximum Gasteiger partial charge on any atom is 0.416 e. The first-order chi connectivity index (χ1) is 12.6. The van der Waals surface area contributed by atoms with Crippen molar-refractivity contribution in [3.63, 3.8) is 0 Å². The molecule has 0 spiro atoms. The number of nitrogens with zero attached hydrogens (tertiary/aromatic N) is 1. The van der Waals surface area contributed by atoms with Crippen LogP contribution in [0, 0.1) is 0 Å². The number of alkyl halides is 3. The maximum absolute atomic E-state index is 13.6. The molecular weight excluding hydrogens is 393 g/mol. The average molecular weight is 413 g/mol. The molecule has 1 aromatic heterocycles. The van der Waals surface area contributed by atoms with E-state index in [1.807, 2.05) is 24.3 Å². The predicted octanol–water partition coefficient (Wildman–Crippen LogP) is 5.46. The summed E-state index contributed by atoms with van der Waals surface area (Å²) in [5.41, 5.74) is -0.0374. The Bertz CT molecular complexity index is 944. The summed E-state index contributed by atoms with van der Waals surface area (Å²) in [6, 6.07) is 11.8. The van der Waals surface area contributed by atoms with Crippen molar-refractivity contribution in [3.8, 4) is 0 Å². The highest BCUT2D eigenvalue weighted by Crippen LogP contribution is 2.38. The second kappa shape index (κ2) is 7.33. The number of hydrogen-bond donors (Lipinski definition) is 1. The van der Waals surface area contributed by atoms with Gasteiger partial charge < -0.3 is 0 Å². The Kier molecular flexibility index (Phi) is 5.42. The number of aromatic nitrogens is 1. The molecule has 0 bridgehead atoms. The lowest BCUT2D eigenvalue weighted by molar-refractivity contribution is -0.138. The van der Waals surface area contributed by atoms with E-state index in [1.165, 1.54) is 23.5 Å². The van der Waals surface area contributed by atoms with E-state index in [-0.39, 0.29) is 5.56 Å². The summed E-state index contributed by atoms with van der Waals surface area (Å²) in [4.78, 5) is 4.50. The lowest BCUT2D eigenvalue weighted by Crippen LogP contribution is -2.36. The molecular formula is C19H19F3N2OS2. The van der Waals surface area contributed by atoms with Crippen molar-refractivity contribution in [1.29, 1.82) is 0 Å². The van der Waals surface area contributed by atoms with Gasteiger partial charge in [-0.1, -0.05) is 30.3 Å². The maximum atomic E-state index is 13.6. The zero-order valence-electron chi connectivity index (χ0n) is 15.0. The number of benzene rings is 2. The molecule has 27 heavy (non-hydrogen) atoms. The van der Waals surface area contributed by atoms with Crippen LogP contribution in [0.1, 0.15) is 42.9 Å². The quantitative estimate of drug-likeness (QED) is 0.619. The number of hydrogen-bond acceptors (Lipinski definition) is 3. The fourth-order valence-corrected chi connectivity index (χ4v) is 4.47. The van der Waals surface area contributed by atoms with Gasteiger partial charge in [0.05, 0.1) is 37.6 Å². The molecule has 0 amide bonds. The van der Waals surface area contributed by atoms with Gasteiger partial charge in [-0.25, -0.2) is 13.9 Å². The highest BCUT2D eigenvalue weighted by molar-refractivity contribution is 7.84. The first-order valence-corrected chi connectivity index (χ1v) is 10.2. The Morgan fingerprint density at radius 3 is 2.30 bits per heavy atom. The Hall–Kier alpha value is -1.77. The molecule has 0 aliphatic rings. The van der Waals surface area contributed by atoms with E-state index in [1.54, 1.807) is 26.8 Å². The van der Waals surface area contributed by atoms with Crippen LogP contribution in [-0.4, -0.2) is 13.9 Å². The summed E-state index contributed by atoms with van der Waals surface area (Å²) in [6.07, 6.45) is -4.52. The molecule has 3 aromatic rings. The lowest BCUT2D eigenvalue weighted by atomic mass is 10.0. The van der Waals surface area contributed by atoms with Crippen LogP contribution >= 0.6 is 11.3 Å². The van der Waals surface area contributed by atoms with E-state index in [9.17, 15) is 17.4 Å². The third kappa shape index (κ3) is 4.39. The topological polar surface area (TPSA) is 42.0 Å². The highest BCUT2D eigenvalue weighted by atomic mass is 32.2. The number of halogens is 3. The third-order valence-electron chi connectivity index (χ3n) is 3.92. The number of para-hydroxylation sites is 1. The van der Waals surface area contributed by atoms with E-state index in [0.717, 1.165) is 10.8 Å². The van der Waals surface area contributed by atoms with Crippen molar-refractivity contribution in [3.05, 3.63) is 64.7 Å². The van der Waals surface area contributed by atoms with Gasteiger partial charge in [0.15, 0.2) is 0 Å². The minimum atomic E-state index is -4.52. The average Bonchev–Trinajstić information content (AvgIpc) is 3.01. The Balaban J connectivity index is 2.15. The second-order valence-electron chi connectivity index (χ2n) is 7.04. The van der Waals surface area contributed by atoms with Crippen LogP contribution in [0.4, 0.5) is 13.2 Å². The molecule has 1 N–H and O–H groups in total.